The minimum Gasteiger partial charge on any atom is -0.365 e. The number of primary amides is 1. The molecule has 1 aliphatic heterocycles. The Kier molecular flexibility index (Phi) is 3.78. The van der Waals surface area contributed by atoms with Gasteiger partial charge >= 0.3 is 0 Å². The molecule has 0 atom stereocenters. The SMILES string of the molecule is NC(=O)c1cc2c(N3CCC4=C(/C=C\C=C/C=C4)C3)cncc2s1. The van der Waals surface area contributed by atoms with Gasteiger partial charge in [-0.2, -0.15) is 0 Å². The number of anilines is 1. The topological polar surface area (TPSA) is 59.2 Å². The van der Waals surface area contributed by atoms with Crippen LogP contribution in [0.5, 0.6) is 0 Å². The van der Waals surface area contributed by atoms with Crippen LogP contribution in [0.25, 0.3) is 10.1 Å². The third-order valence-electron chi connectivity index (χ3n) is 4.36. The molecule has 1 amide bonds. The van der Waals surface area contributed by atoms with Crippen LogP contribution in [0, 0.1) is 0 Å². The molecule has 120 valence electrons. The number of aromatic nitrogens is 1. The van der Waals surface area contributed by atoms with Crippen molar-refractivity contribution >= 4 is 33.0 Å². The van der Waals surface area contributed by atoms with Gasteiger partial charge in [-0.15, -0.1) is 11.3 Å². The average molecular weight is 335 g/mol. The minimum atomic E-state index is -0.384. The number of carbonyl (C=O) groups is 1. The fourth-order valence-electron chi connectivity index (χ4n) is 3.15. The predicted octanol–water partition coefficient (Wildman–Crippen LogP) is 3.58. The van der Waals surface area contributed by atoms with Crippen LogP contribution in [0.4, 0.5) is 5.69 Å². The minimum absolute atomic E-state index is 0.384. The van der Waals surface area contributed by atoms with Crippen LogP contribution < -0.4 is 10.6 Å². The number of allylic oxidation sites excluding steroid dienone is 5. The number of thiophene rings is 1. The molecule has 0 saturated carbocycles. The van der Waals surface area contributed by atoms with Crippen molar-refractivity contribution in [2.24, 2.45) is 5.73 Å². The Morgan fingerprint density at radius 2 is 1.92 bits per heavy atom. The van der Waals surface area contributed by atoms with Crippen LogP contribution >= 0.6 is 11.3 Å². The molecule has 0 fully saturated rings. The molecule has 0 bridgehead atoms. The highest BCUT2D eigenvalue weighted by atomic mass is 32.1. The van der Waals surface area contributed by atoms with E-state index < -0.39 is 0 Å². The largest absolute Gasteiger partial charge is 0.365 e. The van der Waals surface area contributed by atoms with E-state index in [4.69, 9.17) is 5.73 Å². The summed E-state index contributed by atoms with van der Waals surface area (Å²) < 4.78 is 0.997. The van der Waals surface area contributed by atoms with E-state index in [0.717, 1.165) is 35.3 Å². The maximum Gasteiger partial charge on any atom is 0.258 e. The van der Waals surface area contributed by atoms with Crippen LogP contribution in [0.1, 0.15) is 16.1 Å². The van der Waals surface area contributed by atoms with Crippen LogP contribution in [0.3, 0.4) is 0 Å². The number of carbonyl (C=O) groups excluding carboxylic acids is 1. The van der Waals surface area contributed by atoms with Crippen LogP contribution in [0.15, 0.2) is 66.1 Å². The zero-order valence-electron chi connectivity index (χ0n) is 13.1. The highest BCUT2D eigenvalue weighted by molar-refractivity contribution is 7.20. The van der Waals surface area contributed by atoms with Crippen molar-refractivity contribution in [3.05, 3.63) is 70.9 Å². The summed E-state index contributed by atoms with van der Waals surface area (Å²) in [5.74, 6) is -0.384. The highest BCUT2D eigenvalue weighted by Gasteiger charge is 2.20. The van der Waals surface area contributed by atoms with E-state index in [0.29, 0.717) is 4.88 Å². The van der Waals surface area contributed by atoms with Crippen LogP contribution in [-0.2, 0) is 0 Å². The first-order chi connectivity index (χ1) is 11.7. The number of amides is 1. The normalized spacial score (nSPS) is 19.8. The number of rotatable bonds is 2. The Labute approximate surface area is 144 Å². The zero-order valence-corrected chi connectivity index (χ0v) is 13.9. The first kappa shape index (κ1) is 14.9. The molecule has 3 heterocycles. The van der Waals surface area contributed by atoms with E-state index in [-0.39, 0.29) is 5.91 Å². The van der Waals surface area contributed by atoms with E-state index in [1.165, 1.54) is 22.5 Å². The summed E-state index contributed by atoms with van der Waals surface area (Å²) in [6.45, 7) is 1.77. The average Bonchev–Trinajstić information content (AvgIpc) is 3.00. The molecule has 0 saturated heterocycles. The Morgan fingerprint density at radius 3 is 2.71 bits per heavy atom. The van der Waals surface area contributed by atoms with Gasteiger partial charge in [-0.25, -0.2) is 0 Å². The molecule has 0 aromatic carbocycles. The quantitative estimate of drug-likeness (QED) is 0.912. The summed E-state index contributed by atoms with van der Waals surface area (Å²) in [6, 6.07) is 1.89. The lowest BCUT2D eigenvalue weighted by molar-refractivity contribution is 0.100. The first-order valence-corrected chi connectivity index (χ1v) is 8.70. The van der Waals surface area contributed by atoms with Gasteiger partial charge in [0, 0.05) is 24.7 Å². The van der Waals surface area contributed by atoms with Crippen LogP contribution in [0.2, 0.25) is 0 Å². The second-order valence-electron chi connectivity index (χ2n) is 5.87. The lowest BCUT2D eigenvalue weighted by atomic mass is 9.97. The third kappa shape index (κ3) is 2.67. The van der Waals surface area contributed by atoms with E-state index in [1.54, 1.807) is 6.20 Å². The number of fused-ring (bicyclic) bond motifs is 1. The Morgan fingerprint density at radius 1 is 1.12 bits per heavy atom. The van der Waals surface area contributed by atoms with E-state index in [2.05, 4.69) is 34.2 Å². The van der Waals surface area contributed by atoms with Gasteiger partial charge in [0.05, 0.1) is 21.5 Å². The van der Waals surface area contributed by atoms with Gasteiger partial charge in [0.15, 0.2) is 0 Å². The summed E-state index contributed by atoms with van der Waals surface area (Å²) in [5, 5.41) is 1.05. The molecule has 0 unspecified atom stereocenters. The van der Waals surface area contributed by atoms with Crippen molar-refractivity contribution in [2.45, 2.75) is 6.42 Å². The Hall–Kier alpha value is -2.66. The van der Waals surface area contributed by atoms with E-state index >= 15 is 0 Å². The fraction of sp³-hybridized carbons (Fsp3) is 0.158. The number of hydrogen-bond acceptors (Lipinski definition) is 4. The summed E-state index contributed by atoms with van der Waals surface area (Å²) in [6.07, 6.45) is 17.3. The number of nitrogens with zero attached hydrogens (tertiary/aromatic N) is 2. The molecule has 2 N–H and O–H groups in total. The summed E-state index contributed by atoms with van der Waals surface area (Å²) in [7, 11) is 0. The molecular weight excluding hydrogens is 318 g/mol. The Balaban J connectivity index is 1.72. The van der Waals surface area contributed by atoms with Gasteiger partial charge in [-0.1, -0.05) is 36.5 Å². The maximum absolute atomic E-state index is 11.5. The molecule has 0 spiro atoms. The zero-order chi connectivity index (χ0) is 16.5. The second-order valence-corrected chi connectivity index (χ2v) is 6.95. The van der Waals surface area contributed by atoms with Crippen molar-refractivity contribution in [1.82, 2.24) is 4.98 Å². The van der Waals surface area contributed by atoms with Gasteiger partial charge in [0.2, 0.25) is 0 Å². The molecule has 0 radical (unpaired) electrons. The van der Waals surface area contributed by atoms with Crippen LogP contribution in [-0.4, -0.2) is 24.0 Å². The third-order valence-corrected chi connectivity index (χ3v) is 5.45. The van der Waals surface area contributed by atoms with Crippen molar-refractivity contribution < 1.29 is 4.79 Å². The molecule has 4 rings (SSSR count). The molecule has 1 aliphatic carbocycles. The van der Waals surface area contributed by atoms with Gasteiger partial charge < -0.3 is 10.6 Å². The number of nitrogens with two attached hydrogens (primary N) is 1. The second kappa shape index (κ2) is 6.09. The van der Waals surface area contributed by atoms with Gasteiger partial charge in [-0.3, -0.25) is 9.78 Å². The van der Waals surface area contributed by atoms with Crippen molar-refractivity contribution in [2.75, 3.05) is 18.0 Å². The smallest absolute Gasteiger partial charge is 0.258 e. The standard InChI is InChI=1S/C19H17N3OS/c20-19(23)17-9-15-16(10-21-11-18(15)24-17)22-8-7-13-5-3-1-2-4-6-14(13)12-22/h1-6,9-11H,7-8,12H2,(H2,20,23)/b2-1-,3-1?,4-2?,5-3?,6-4-,13-5?,14-6?. The molecule has 24 heavy (non-hydrogen) atoms. The highest BCUT2D eigenvalue weighted by Crippen LogP contribution is 2.34. The monoisotopic (exact) mass is 335 g/mol. The molecular formula is C19H17N3OS. The summed E-state index contributed by atoms with van der Waals surface area (Å²) in [5.41, 5.74) is 9.21. The van der Waals surface area contributed by atoms with Crippen molar-refractivity contribution in [3.63, 3.8) is 0 Å². The molecule has 2 aliphatic rings. The summed E-state index contributed by atoms with van der Waals surface area (Å²) in [4.78, 5) is 18.7. The number of pyridine rings is 1. The number of hydrogen-bond donors (Lipinski definition) is 1. The van der Waals surface area contributed by atoms with Crippen molar-refractivity contribution in [3.8, 4) is 0 Å². The fourth-order valence-corrected chi connectivity index (χ4v) is 4.05. The van der Waals surface area contributed by atoms with Gasteiger partial charge in [0.1, 0.15) is 0 Å². The predicted molar refractivity (Wildman–Crippen MR) is 99.4 cm³/mol. The van der Waals surface area contributed by atoms with Crippen molar-refractivity contribution in [1.29, 1.82) is 0 Å². The van der Waals surface area contributed by atoms with Gasteiger partial charge in [-0.05, 0) is 23.6 Å². The molecule has 2 aromatic rings. The molecule has 4 nitrogen and oxygen atoms in total. The van der Waals surface area contributed by atoms with E-state index in [1.807, 2.05) is 24.4 Å². The first-order valence-electron chi connectivity index (χ1n) is 7.88. The van der Waals surface area contributed by atoms with Gasteiger partial charge in [0.25, 0.3) is 5.91 Å². The lowest BCUT2D eigenvalue weighted by Gasteiger charge is -2.31. The lowest BCUT2D eigenvalue weighted by Crippen LogP contribution is -2.31. The summed E-state index contributed by atoms with van der Waals surface area (Å²) >= 11 is 1.40. The Bertz CT molecular complexity index is 933. The van der Waals surface area contributed by atoms with E-state index in [9.17, 15) is 4.79 Å². The molecule has 5 heteroatoms. The maximum atomic E-state index is 11.5. The molecule has 2 aromatic heterocycles.